The van der Waals surface area contributed by atoms with Crippen molar-refractivity contribution >= 4 is 6.03 Å². The predicted molar refractivity (Wildman–Crippen MR) is 98.5 cm³/mol. The number of hydrogen-bond donors (Lipinski definition) is 2. The number of nitrogens with zero attached hydrogens (tertiary/aromatic N) is 2. The molecule has 0 saturated carbocycles. The van der Waals surface area contributed by atoms with E-state index >= 15 is 0 Å². The molecule has 0 aliphatic carbocycles. The summed E-state index contributed by atoms with van der Waals surface area (Å²) in [7, 11) is 0. The zero-order valence-electron chi connectivity index (χ0n) is 14.8. The average molecular weight is 352 g/mol. The minimum atomic E-state index is -0.315. The molecular weight excluding hydrogens is 331 g/mol. The molecule has 0 bridgehead atoms. The first-order valence-corrected chi connectivity index (χ1v) is 8.41. The fourth-order valence-corrected chi connectivity index (χ4v) is 2.81. The van der Waals surface area contributed by atoms with Crippen molar-refractivity contribution in [3.05, 3.63) is 82.9 Å². The molecule has 0 aliphatic rings. The lowest BCUT2D eigenvalue weighted by Crippen LogP contribution is -2.34. The maximum absolute atomic E-state index is 13.2. The number of aryl methyl sites for hydroxylation is 1. The summed E-state index contributed by atoms with van der Waals surface area (Å²) in [6, 6.07) is 15.7. The Hall–Kier alpha value is -3.15. The summed E-state index contributed by atoms with van der Waals surface area (Å²) < 4.78 is 15.0. The van der Waals surface area contributed by atoms with Gasteiger partial charge in [-0.3, -0.25) is 0 Å². The minimum Gasteiger partial charge on any atom is -0.334 e. The lowest BCUT2D eigenvalue weighted by molar-refractivity contribution is 0.240. The van der Waals surface area contributed by atoms with Gasteiger partial charge in [0.15, 0.2) is 0 Å². The first kappa shape index (κ1) is 17.7. The molecule has 2 amide bonds. The van der Waals surface area contributed by atoms with Gasteiger partial charge in [0.1, 0.15) is 5.82 Å². The van der Waals surface area contributed by atoms with Crippen LogP contribution < -0.4 is 10.6 Å². The molecule has 0 atom stereocenters. The second-order valence-electron chi connectivity index (χ2n) is 6.06. The third-order valence-electron chi connectivity index (χ3n) is 4.21. The van der Waals surface area contributed by atoms with E-state index in [0.29, 0.717) is 12.1 Å². The highest BCUT2D eigenvalue weighted by molar-refractivity contribution is 5.73. The van der Waals surface area contributed by atoms with Gasteiger partial charge in [-0.15, -0.1) is 0 Å². The van der Waals surface area contributed by atoms with Crippen LogP contribution in [0.25, 0.3) is 5.69 Å². The van der Waals surface area contributed by atoms with Crippen molar-refractivity contribution in [1.29, 1.82) is 0 Å². The molecule has 134 valence electrons. The summed E-state index contributed by atoms with van der Waals surface area (Å²) in [5, 5.41) is 10.1. The van der Waals surface area contributed by atoms with Crippen molar-refractivity contribution in [1.82, 2.24) is 20.4 Å². The van der Waals surface area contributed by atoms with Crippen LogP contribution in [0.1, 0.15) is 22.5 Å². The van der Waals surface area contributed by atoms with E-state index in [1.54, 1.807) is 12.1 Å². The van der Waals surface area contributed by atoms with Gasteiger partial charge >= 0.3 is 6.03 Å². The number of nitrogens with one attached hydrogen (secondary N) is 2. The van der Waals surface area contributed by atoms with Crippen LogP contribution in [0.15, 0.2) is 54.6 Å². The summed E-state index contributed by atoms with van der Waals surface area (Å²) in [6.45, 7) is 4.55. The van der Waals surface area contributed by atoms with Crippen LogP contribution in [-0.4, -0.2) is 15.8 Å². The fraction of sp³-hybridized carbons (Fsp3) is 0.200. The third-order valence-corrected chi connectivity index (χ3v) is 4.21. The Labute approximate surface area is 151 Å². The van der Waals surface area contributed by atoms with E-state index in [2.05, 4.69) is 15.7 Å². The van der Waals surface area contributed by atoms with Crippen LogP contribution in [0, 0.1) is 19.7 Å². The number of aromatic nitrogens is 2. The van der Waals surface area contributed by atoms with Crippen molar-refractivity contribution in [2.24, 2.45) is 0 Å². The molecule has 0 fully saturated rings. The van der Waals surface area contributed by atoms with Crippen LogP contribution in [-0.2, 0) is 13.1 Å². The first-order valence-electron chi connectivity index (χ1n) is 8.41. The van der Waals surface area contributed by atoms with E-state index in [0.717, 1.165) is 22.6 Å². The highest BCUT2D eigenvalue weighted by Crippen LogP contribution is 2.17. The number of hydrogen-bond acceptors (Lipinski definition) is 2. The summed E-state index contributed by atoms with van der Waals surface area (Å²) in [5.74, 6) is -0.315. The standard InChI is InChI=1S/C20H21FN4O/c1-14-19(15(2)25(24-14)18-9-4-3-5-10-18)13-23-20(26)22-12-16-7-6-8-17(21)11-16/h3-11H,12-13H2,1-2H3,(H2,22,23,26). The maximum atomic E-state index is 13.2. The van der Waals surface area contributed by atoms with Crippen LogP contribution in [0.4, 0.5) is 9.18 Å². The van der Waals surface area contributed by atoms with Crippen LogP contribution in [0.3, 0.4) is 0 Å². The number of para-hydroxylation sites is 1. The van der Waals surface area contributed by atoms with Crippen molar-refractivity contribution in [2.45, 2.75) is 26.9 Å². The van der Waals surface area contributed by atoms with Crippen LogP contribution in [0.2, 0.25) is 0 Å². The Morgan fingerprint density at radius 1 is 1.04 bits per heavy atom. The Balaban J connectivity index is 1.61. The van der Waals surface area contributed by atoms with E-state index < -0.39 is 0 Å². The van der Waals surface area contributed by atoms with Crippen molar-refractivity contribution in [3.8, 4) is 5.69 Å². The number of halogens is 1. The lowest BCUT2D eigenvalue weighted by atomic mass is 10.2. The SMILES string of the molecule is Cc1nn(-c2ccccc2)c(C)c1CNC(=O)NCc1cccc(F)c1. The zero-order chi connectivity index (χ0) is 18.5. The van der Waals surface area contributed by atoms with Gasteiger partial charge in [0.05, 0.1) is 11.4 Å². The summed E-state index contributed by atoms with van der Waals surface area (Å²) in [6.07, 6.45) is 0. The predicted octanol–water partition coefficient (Wildman–Crippen LogP) is 3.63. The Kier molecular flexibility index (Phi) is 5.31. The molecule has 0 aliphatic heterocycles. The highest BCUT2D eigenvalue weighted by atomic mass is 19.1. The number of carbonyl (C=O) groups is 1. The topological polar surface area (TPSA) is 59.0 Å². The molecule has 1 heterocycles. The quantitative estimate of drug-likeness (QED) is 0.737. The Morgan fingerprint density at radius 2 is 1.77 bits per heavy atom. The van der Waals surface area contributed by atoms with Gasteiger partial charge in [-0.05, 0) is 43.7 Å². The summed E-state index contributed by atoms with van der Waals surface area (Å²) in [4.78, 5) is 12.0. The summed E-state index contributed by atoms with van der Waals surface area (Å²) in [5.41, 5.74) is 4.53. The van der Waals surface area contributed by atoms with Gasteiger partial charge in [0.2, 0.25) is 0 Å². The second kappa shape index (κ2) is 7.82. The normalized spacial score (nSPS) is 10.6. The van der Waals surface area contributed by atoms with Crippen molar-refractivity contribution in [2.75, 3.05) is 0 Å². The molecular formula is C20H21FN4O. The molecule has 5 nitrogen and oxygen atoms in total. The molecule has 0 spiro atoms. The largest absolute Gasteiger partial charge is 0.334 e. The molecule has 2 aromatic carbocycles. The van der Waals surface area contributed by atoms with Gasteiger partial charge < -0.3 is 10.6 Å². The van der Waals surface area contributed by atoms with E-state index in [1.165, 1.54) is 12.1 Å². The summed E-state index contributed by atoms with van der Waals surface area (Å²) >= 11 is 0. The van der Waals surface area contributed by atoms with Gasteiger partial charge in [-0.2, -0.15) is 5.10 Å². The van der Waals surface area contributed by atoms with Crippen LogP contribution in [0.5, 0.6) is 0 Å². The Morgan fingerprint density at radius 3 is 2.50 bits per heavy atom. The Bertz CT molecular complexity index is 905. The smallest absolute Gasteiger partial charge is 0.315 e. The lowest BCUT2D eigenvalue weighted by Gasteiger charge is -2.09. The molecule has 3 rings (SSSR count). The monoisotopic (exact) mass is 352 g/mol. The van der Waals surface area contributed by atoms with Gasteiger partial charge in [-0.1, -0.05) is 30.3 Å². The van der Waals surface area contributed by atoms with E-state index in [9.17, 15) is 9.18 Å². The van der Waals surface area contributed by atoms with Gasteiger partial charge in [0.25, 0.3) is 0 Å². The molecule has 0 saturated heterocycles. The zero-order valence-corrected chi connectivity index (χ0v) is 14.8. The molecule has 6 heteroatoms. The van der Waals surface area contributed by atoms with E-state index in [1.807, 2.05) is 48.9 Å². The van der Waals surface area contributed by atoms with Crippen LogP contribution >= 0.6 is 0 Å². The number of rotatable bonds is 5. The minimum absolute atomic E-state index is 0.269. The number of carbonyl (C=O) groups excluding carboxylic acids is 1. The third kappa shape index (κ3) is 4.08. The first-order chi connectivity index (χ1) is 12.5. The van der Waals surface area contributed by atoms with E-state index in [-0.39, 0.29) is 18.4 Å². The molecule has 3 aromatic rings. The number of benzene rings is 2. The molecule has 0 unspecified atom stereocenters. The number of urea groups is 1. The molecule has 26 heavy (non-hydrogen) atoms. The second-order valence-corrected chi connectivity index (χ2v) is 6.06. The highest BCUT2D eigenvalue weighted by Gasteiger charge is 2.13. The van der Waals surface area contributed by atoms with Gasteiger partial charge in [0, 0.05) is 24.3 Å². The maximum Gasteiger partial charge on any atom is 0.315 e. The molecule has 1 aromatic heterocycles. The average Bonchev–Trinajstić information content (AvgIpc) is 2.93. The molecule has 2 N–H and O–H groups in total. The van der Waals surface area contributed by atoms with Crippen molar-refractivity contribution in [3.63, 3.8) is 0 Å². The van der Waals surface area contributed by atoms with E-state index in [4.69, 9.17) is 0 Å². The number of amides is 2. The molecule has 0 radical (unpaired) electrons. The van der Waals surface area contributed by atoms with Crippen molar-refractivity contribution < 1.29 is 9.18 Å². The fourth-order valence-electron chi connectivity index (χ4n) is 2.81. The van der Waals surface area contributed by atoms with Gasteiger partial charge in [-0.25, -0.2) is 13.9 Å².